The minimum Gasteiger partial charge on any atom is -0.465 e. The molecule has 1 aromatic carbocycles. The van der Waals surface area contributed by atoms with Crippen LogP contribution in [0.15, 0.2) is 30.3 Å². The SMILES string of the molecule is COCCCC(N)C(=O)OCCCc1ccccc1. The third kappa shape index (κ3) is 6.94. The van der Waals surface area contributed by atoms with Gasteiger partial charge in [0.15, 0.2) is 0 Å². The molecule has 0 bridgehead atoms. The van der Waals surface area contributed by atoms with Gasteiger partial charge in [-0.05, 0) is 31.2 Å². The Kier molecular flexibility index (Phi) is 7.86. The minimum absolute atomic E-state index is 0.316. The van der Waals surface area contributed by atoms with Gasteiger partial charge in [-0.25, -0.2) is 0 Å². The average Bonchev–Trinajstić information content (AvgIpc) is 2.44. The number of carbonyl (C=O) groups excluding carboxylic acids is 1. The summed E-state index contributed by atoms with van der Waals surface area (Å²) >= 11 is 0. The number of rotatable bonds is 9. The predicted molar refractivity (Wildman–Crippen MR) is 74.8 cm³/mol. The van der Waals surface area contributed by atoms with Crippen molar-refractivity contribution in [2.45, 2.75) is 31.7 Å². The second kappa shape index (κ2) is 9.53. The van der Waals surface area contributed by atoms with E-state index < -0.39 is 6.04 Å². The van der Waals surface area contributed by atoms with Crippen LogP contribution < -0.4 is 5.73 Å². The summed E-state index contributed by atoms with van der Waals surface area (Å²) in [6, 6.07) is 9.60. The second-order valence-corrected chi connectivity index (χ2v) is 4.50. The van der Waals surface area contributed by atoms with Gasteiger partial charge in [0.05, 0.1) is 6.61 Å². The number of nitrogens with two attached hydrogens (primary N) is 1. The molecule has 0 spiro atoms. The highest BCUT2D eigenvalue weighted by Crippen LogP contribution is 2.03. The molecule has 4 nitrogen and oxygen atoms in total. The molecular weight excluding hydrogens is 242 g/mol. The number of benzene rings is 1. The van der Waals surface area contributed by atoms with E-state index in [1.54, 1.807) is 7.11 Å². The van der Waals surface area contributed by atoms with Gasteiger partial charge < -0.3 is 15.2 Å². The maximum absolute atomic E-state index is 11.6. The molecule has 0 aliphatic rings. The van der Waals surface area contributed by atoms with Crippen LogP contribution in [0.5, 0.6) is 0 Å². The third-order valence-electron chi connectivity index (χ3n) is 2.86. The first-order valence-electron chi connectivity index (χ1n) is 6.69. The van der Waals surface area contributed by atoms with Gasteiger partial charge in [-0.1, -0.05) is 30.3 Å². The van der Waals surface area contributed by atoms with Gasteiger partial charge in [-0.2, -0.15) is 0 Å². The Hall–Kier alpha value is -1.39. The monoisotopic (exact) mass is 265 g/mol. The first kappa shape index (κ1) is 15.7. The maximum atomic E-state index is 11.6. The van der Waals surface area contributed by atoms with Crippen molar-refractivity contribution in [2.75, 3.05) is 20.3 Å². The molecule has 4 heteroatoms. The number of methoxy groups -OCH3 is 1. The minimum atomic E-state index is -0.535. The van der Waals surface area contributed by atoms with Crippen LogP contribution in [0.3, 0.4) is 0 Å². The molecule has 0 saturated carbocycles. The van der Waals surface area contributed by atoms with Gasteiger partial charge in [-0.3, -0.25) is 4.79 Å². The lowest BCUT2D eigenvalue weighted by Crippen LogP contribution is -2.32. The maximum Gasteiger partial charge on any atom is 0.322 e. The Morgan fingerprint density at radius 3 is 2.63 bits per heavy atom. The smallest absolute Gasteiger partial charge is 0.322 e. The molecule has 19 heavy (non-hydrogen) atoms. The predicted octanol–water partition coefficient (Wildman–Crippen LogP) is 1.92. The van der Waals surface area contributed by atoms with Crippen LogP contribution in [-0.4, -0.2) is 32.3 Å². The van der Waals surface area contributed by atoms with Crippen LogP contribution in [0, 0.1) is 0 Å². The number of esters is 1. The first-order valence-corrected chi connectivity index (χ1v) is 6.69. The van der Waals surface area contributed by atoms with E-state index in [1.165, 1.54) is 5.56 Å². The van der Waals surface area contributed by atoms with Crippen molar-refractivity contribution in [1.82, 2.24) is 0 Å². The lowest BCUT2D eigenvalue weighted by molar-refractivity contribution is -0.145. The van der Waals surface area contributed by atoms with E-state index in [0.29, 0.717) is 19.6 Å². The largest absolute Gasteiger partial charge is 0.465 e. The Morgan fingerprint density at radius 1 is 1.21 bits per heavy atom. The van der Waals surface area contributed by atoms with Crippen LogP contribution in [0.2, 0.25) is 0 Å². The zero-order valence-electron chi connectivity index (χ0n) is 11.5. The Morgan fingerprint density at radius 2 is 1.95 bits per heavy atom. The van der Waals surface area contributed by atoms with Crippen LogP contribution in [0.1, 0.15) is 24.8 Å². The molecular formula is C15H23NO3. The summed E-state index contributed by atoms with van der Waals surface area (Å²) < 4.78 is 10.1. The molecule has 0 fully saturated rings. The molecule has 0 heterocycles. The topological polar surface area (TPSA) is 61.5 Å². The number of carbonyl (C=O) groups is 1. The average molecular weight is 265 g/mol. The summed E-state index contributed by atoms with van der Waals surface area (Å²) in [7, 11) is 1.63. The van der Waals surface area contributed by atoms with E-state index in [9.17, 15) is 4.79 Å². The van der Waals surface area contributed by atoms with Crippen molar-refractivity contribution >= 4 is 5.97 Å². The second-order valence-electron chi connectivity index (χ2n) is 4.50. The molecule has 1 unspecified atom stereocenters. The van der Waals surface area contributed by atoms with Gasteiger partial charge in [0.2, 0.25) is 0 Å². The molecule has 106 valence electrons. The molecule has 0 aliphatic carbocycles. The van der Waals surface area contributed by atoms with Crippen LogP contribution in [0.4, 0.5) is 0 Å². The van der Waals surface area contributed by atoms with Crippen molar-refractivity contribution in [2.24, 2.45) is 5.73 Å². The van der Waals surface area contributed by atoms with E-state index in [1.807, 2.05) is 18.2 Å². The molecule has 1 atom stereocenters. The normalized spacial score (nSPS) is 12.1. The fourth-order valence-electron chi connectivity index (χ4n) is 1.77. The lowest BCUT2D eigenvalue weighted by atomic mass is 10.1. The molecule has 0 amide bonds. The molecule has 0 aromatic heterocycles. The van der Waals surface area contributed by atoms with E-state index in [4.69, 9.17) is 15.2 Å². The molecule has 1 rings (SSSR count). The van der Waals surface area contributed by atoms with E-state index in [-0.39, 0.29) is 5.97 Å². The van der Waals surface area contributed by atoms with Crippen molar-refractivity contribution in [3.63, 3.8) is 0 Å². The van der Waals surface area contributed by atoms with E-state index in [2.05, 4.69) is 12.1 Å². The summed E-state index contributed by atoms with van der Waals surface area (Å²) in [6.45, 7) is 1.04. The van der Waals surface area contributed by atoms with E-state index >= 15 is 0 Å². The van der Waals surface area contributed by atoms with Crippen molar-refractivity contribution in [3.8, 4) is 0 Å². The molecule has 1 aromatic rings. The molecule has 0 radical (unpaired) electrons. The Balaban J connectivity index is 2.09. The number of hydrogen-bond acceptors (Lipinski definition) is 4. The zero-order valence-corrected chi connectivity index (χ0v) is 11.5. The van der Waals surface area contributed by atoms with Gasteiger partial charge >= 0.3 is 5.97 Å². The number of ether oxygens (including phenoxy) is 2. The first-order chi connectivity index (χ1) is 9.24. The van der Waals surface area contributed by atoms with Gasteiger partial charge in [0, 0.05) is 13.7 Å². The third-order valence-corrected chi connectivity index (χ3v) is 2.86. The molecule has 0 saturated heterocycles. The highest BCUT2D eigenvalue weighted by Gasteiger charge is 2.14. The standard InChI is InChI=1S/C15H23NO3/c1-18-11-6-10-14(16)15(17)19-12-5-9-13-7-3-2-4-8-13/h2-4,7-8,14H,5-6,9-12,16H2,1H3. The Labute approximate surface area is 114 Å². The summed E-state index contributed by atoms with van der Waals surface area (Å²) in [5.41, 5.74) is 6.97. The van der Waals surface area contributed by atoms with Crippen LogP contribution in [0.25, 0.3) is 0 Å². The lowest BCUT2D eigenvalue weighted by Gasteiger charge is -2.11. The van der Waals surface area contributed by atoms with Gasteiger partial charge in [0.25, 0.3) is 0 Å². The summed E-state index contributed by atoms with van der Waals surface area (Å²) in [5, 5.41) is 0. The fraction of sp³-hybridized carbons (Fsp3) is 0.533. The Bertz CT molecular complexity index is 354. The molecule has 0 aliphatic heterocycles. The quantitative estimate of drug-likeness (QED) is 0.547. The number of aryl methyl sites for hydroxylation is 1. The van der Waals surface area contributed by atoms with Crippen LogP contribution in [-0.2, 0) is 20.7 Å². The molecule has 2 N–H and O–H groups in total. The highest BCUT2D eigenvalue weighted by atomic mass is 16.5. The van der Waals surface area contributed by atoms with Crippen LogP contribution >= 0.6 is 0 Å². The summed E-state index contributed by atoms with van der Waals surface area (Å²) in [6.07, 6.45) is 3.11. The zero-order chi connectivity index (χ0) is 13.9. The van der Waals surface area contributed by atoms with Crippen molar-refractivity contribution in [3.05, 3.63) is 35.9 Å². The van der Waals surface area contributed by atoms with Crippen molar-refractivity contribution < 1.29 is 14.3 Å². The number of hydrogen-bond donors (Lipinski definition) is 1. The van der Waals surface area contributed by atoms with E-state index in [0.717, 1.165) is 19.3 Å². The fourth-order valence-corrected chi connectivity index (χ4v) is 1.77. The van der Waals surface area contributed by atoms with Gasteiger partial charge in [0.1, 0.15) is 6.04 Å². The van der Waals surface area contributed by atoms with Crippen molar-refractivity contribution in [1.29, 1.82) is 0 Å². The summed E-state index contributed by atoms with van der Waals surface area (Å²) in [4.78, 5) is 11.6. The van der Waals surface area contributed by atoms with Gasteiger partial charge in [-0.15, -0.1) is 0 Å². The summed E-state index contributed by atoms with van der Waals surface area (Å²) in [5.74, 6) is -0.316. The highest BCUT2D eigenvalue weighted by molar-refractivity contribution is 5.75.